The van der Waals surface area contributed by atoms with Gasteiger partial charge in [0, 0.05) is 18.5 Å². The molecule has 0 saturated heterocycles. The Labute approximate surface area is 162 Å². The molecule has 0 aromatic heterocycles. The van der Waals surface area contributed by atoms with Crippen LogP contribution >= 0.6 is 0 Å². The Hall–Kier alpha value is -2.33. The Morgan fingerprint density at radius 3 is 2.41 bits per heavy atom. The van der Waals surface area contributed by atoms with Crippen molar-refractivity contribution in [1.29, 1.82) is 0 Å². The van der Waals surface area contributed by atoms with E-state index in [4.69, 9.17) is 4.74 Å². The number of nitrogens with zero attached hydrogens (tertiary/aromatic N) is 1. The highest BCUT2D eigenvalue weighted by Crippen LogP contribution is 2.40. The summed E-state index contributed by atoms with van der Waals surface area (Å²) in [4.78, 5) is 15.0. The maximum Gasteiger partial charge on any atom is 0.255 e. The molecule has 4 heteroatoms. The molecule has 1 N–H and O–H groups in total. The summed E-state index contributed by atoms with van der Waals surface area (Å²) >= 11 is 0. The molecule has 0 radical (unpaired) electrons. The minimum atomic E-state index is -0.0577. The number of amides is 1. The third-order valence-corrected chi connectivity index (χ3v) is 5.46. The van der Waals surface area contributed by atoms with Crippen molar-refractivity contribution in [3.05, 3.63) is 65.7 Å². The minimum Gasteiger partial charge on any atom is -0.491 e. The van der Waals surface area contributed by atoms with Crippen LogP contribution in [-0.2, 0) is 5.41 Å². The van der Waals surface area contributed by atoms with Crippen LogP contribution in [0.25, 0.3) is 0 Å². The molecule has 0 unspecified atom stereocenters. The Morgan fingerprint density at radius 1 is 1.04 bits per heavy atom. The van der Waals surface area contributed by atoms with Gasteiger partial charge in [-0.2, -0.15) is 0 Å². The van der Waals surface area contributed by atoms with Crippen molar-refractivity contribution in [2.45, 2.75) is 31.1 Å². The number of benzene rings is 2. The average molecular weight is 367 g/mol. The third kappa shape index (κ3) is 4.89. The molecule has 2 aromatic rings. The van der Waals surface area contributed by atoms with E-state index in [0.717, 1.165) is 19.4 Å². The van der Waals surface area contributed by atoms with Crippen LogP contribution in [0.1, 0.15) is 41.6 Å². The zero-order valence-electron chi connectivity index (χ0n) is 16.4. The lowest BCUT2D eigenvalue weighted by molar-refractivity contribution is 0.0938. The second-order valence-corrected chi connectivity index (χ2v) is 7.68. The maximum absolute atomic E-state index is 12.9. The Kier molecular flexibility index (Phi) is 6.51. The average Bonchev–Trinajstić information content (AvgIpc) is 3.17. The first kappa shape index (κ1) is 19.4. The predicted molar refractivity (Wildman–Crippen MR) is 109 cm³/mol. The van der Waals surface area contributed by atoms with E-state index in [1.54, 1.807) is 0 Å². The SMILES string of the molecule is CN(C)CCOc1ccccc1C(=O)NCC1(c2ccccc2)CCCC1. The van der Waals surface area contributed by atoms with Crippen LogP contribution in [0.3, 0.4) is 0 Å². The summed E-state index contributed by atoms with van der Waals surface area (Å²) in [5, 5.41) is 3.19. The minimum absolute atomic E-state index is 0.0532. The predicted octanol–water partition coefficient (Wildman–Crippen LogP) is 3.87. The molecule has 144 valence electrons. The Morgan fingerprint density at radius 2 is 1.70 bits per heavy atom. The molecule has 1 aliphatic carbocycles. The molecule has 27 heavy (non-hydrogen) atoms. The molecule has 0 spiro atoms. The lowest BCUT2D eigenvalue weighted by Crippen LogP contribution is -2.39. The molecule has 0 atom stereocenters. The zero-order valence-corrected chi connectivity index (χ0v) is 16.4. The summed E-state index contributed by atoms with van der Waals surface area (Å²) in [7, 11) is 4.01. The standard InChI is InChI=1S/C23H30N2O2/c1-25(2)16-17-27-21-13-7-6-12-20(21)22(26)24-18-23(14-8-9-15-23)19-10-4-3-5-11-19/h3-7,10-13H,8-9,14-18H2,1-2H3,(H,24,26). The van der Waals surface area contributed by atoms with Gasteiger partial charge in [-0.3, -0.25) is 4.79 Å². The van der Waals surface area contributed by atoms with Gasteiger partial charge in [-0.05, 0) is 44.6 Å². The van der Waals surface area contributed by atoms with Gasteiger partial charge in [-0.15, -0.1) is 0 Å². The first-order chi connectivity index (χ1) is 13.1. The Bertz CT molecular complexity index is 737. The van der Waals surface area contributed by atoms with E-state index in [9.17, 15) is 4.79 Å². The number of carbonyl (C=O) groups excluding carboxylic acids is 1. The van der Waals surface area contributed by atoms with Crippen LogP contribution in [-0.4, -0.2) is 44.6 Å². The highest BCUT2D eigenvalue weighted by molar-refractivity contribution is 5.97. The Balaban J connectivity index is 1.68. The highest BCUT2D eigenvalue weighted by atomic mass is 16.5. The third-order valence-electron chi connectivity index (χ3n) is 5.46. The van der Waals surface area contributed by atoms with Gasteiger partial charge < -0.3 is 15.0 Å². The van der Waals surface area contributed by atoms with E-state index < -0.39 is 0 Å². The van der Waals surface area contributed by atoms with E-state index in [1.165, 1.54) is 18.4 Å². The van der Waals surface area contributed by atoms with Gasteiger partial charge in [0.25, 0.3) is 5.91 Å². The van der Waals surface area contributed by atoms with Crippen LogP contribution in [0.4, 0.5) is 0 Å². The quantitative estimate of drug-likeness (QED) is 0.771. The fraction of sp³-hybridized carbons (Fsp3) is 0.435. The van der Waals surface area contributed by atoms with Crippen molar-refractivity contribution in [2.75, 3.05) is 33.8 Å². The van der Waals surface area contributed by atoms with E-state index in [1.807, 2.05) is 44.4 Å². The fourth-order valence-electron chi connectivity index (χ4n) is 3.87. The van der Waals surface area contributed by atoms with Crippen molar-refractivity contribution in [3.8, 4) is 5.75 Å². The van der Waals surface area contributed by atoms with Crippen molar-refractivity contribution in [3.63, 3.8) is 0 Å². The van der Waals surface area contributed by atoms with Crippen molar-refractivity contribution >= 4 is 5.91 Å². The van der Waals surface area contributed by atoms with E-state index in [-0.39, 0.29) is 11.3 Å². The monoisotopic (exact) mass is 366 g/mol. The molecular weight excluding hydrogens is 336 g/mol. The van der Waals surface area contributed by atoms with E-state index in [0.29, 0.717) is 24.5 Å². The maximum atomic E-state index is 12.9. The van der Waals surface area contributed by atoms with Crippen molar-refractivity contribution in [1.82, 2.24) is 10.2 Å². The summed E-state index contributed by atoms with van der Waals surface area (Å²) in [6.07, 6.45) is 4.68. The van der Waals surface area contributed by atoms with Gasteiger partial charge in [0.05, 0.1) is 5.56 Å². The summed E-state index contributed by atoms with van der Waals surface area (Å²) < 4.78 is 5.85. The molecule has 2 aromatic carbocycles. The summed E-state index contributed by atoms with van der Waals surface area (Å²) in [6, 6.07) is 18.1. The van der Waals surface area contributed by atoms with Crippen LogP contribution in [0, 0.1) is 0 Å². The second-order valence-electron chi connectivity index (χ2n) is 7.68. The van der Waals surface area contributed by atoms with E-state index >= 15 is 0 Å². The molecule has 4 nitrogen and oxygen atoms in total. The number of ether oxygens (including phenoxy) is 1. The van der Waals surface area contributed by atoms with Crippen LogP contribution in [0.15, 0.2) is 54.6 Å². The second kappa shape index (κ2) is 9.05. The van der Waals surface area contributed by atoms with Gasteiger partial charge >= 0.3 is 0 Å². The van der Waals surface area contributed by atoms with Gasteiger partial charge in [-0.25, -0.2) is 0 Å². The zero-order chi connectivity index (χ0) is 19.1. The number of rotatable bonds is 8. The van der Waals surface area contributed by atoms with Crippen LogP contribution in [0.2, 0.25) is 0 Å². The molecule has 0 aliphatic heterocycles. The van der Waals surface area contributed by atoms with Gasteiger partial charge in [0.2, 0.25) is 0 Å². The largest absolute Gasteiger partial charge is 0.491 e. The molecule has 1 aliphatic rings. The van der Waals surface area contributed by atoms with Crippen molar-refractivity contribution in [2.24, 2.45) is 0 Å². The first-order valence-electron chi connectivity index (χ1n) is 9.81. The summed E-state index contributed by atoms with van der Waals surface area (Å²) in [6.45, 7) is 2.04. The molecule has 1 saturated carbocycles. The topological polar surface area (TPSA) is 41.6 Å². The fourth-order valence-corrected chi connectivity index (χ4v) is 3.87. The van der Waals surface area contributed by atoms with Gasteiger partial charge in [0.1, 0.15) is 12.4 Å². The number of para-hydroxylation sites is 1. The number of hydrogen-bond donors (Lipinski definition) is 1. The summed E-state index contributed by atoms with van der Waals surface area (Å²) in [5.41, 5.74) is 1.99. The van der Waals surface area contributed by atoms with Crippen molar-refractivity contribution < 1.29 is 9.53 Å². The number of carbonyl (C=O) groups is 1. The van der Waals surface area contributed by atoms with Crippen LogP contribution < -0.4 is 10.1 Å². The lowest BCUT2D eigenvalue weighted by Gasteiger charge is -2.30. The smallest absolute Gasteiger partial charge is 0.255 e. The molecule has 1 amide bonds. The molecule has 0 bridgehead atoms. The van der Waals surface area contributed by atoms with E-state index in [2.05, 4.69) is 34.5 Å². The van der Waals surface area contributed by atoms with Crippen LogP contribution in [0.5, 0.6) is 5.75 Å². The lowest BCUT2D eigenvalue weighted by atomic mass is 9.79. The number of likely N-dealkylation sites (N-methyl/N-ethyl adjacent to an activating group) is 1. The number of nitrogens with one attached hydrogen (secondary N) is 1. The molecule has 1 fully saturated rings. The van der Waals surface area contributed by atoms with Gasteiger partial charge in [-0.1, -0.05) is 55.3 Å². The molecular formula is C23H30N2O2. The molecule has 0 heterocycles. The van der Waals surface area contributed by atoms with Gasteiger partial charge in [0.15, 0.2) is 0 Å². The first-order valence-corrected chi connectivity index (χ1v) is 9.81. The molecule has 3 rings (SSSR count). The normalized spacial score (nSPS) is 15.7. The number of hydrogen-bond acceptors (Lipinski definition) is 3. The summed E-state index contributed by atoms with van der Waals surface area (Å²) in [5.74, 6) is 0.592. The highest BCUT2D eigenvalue weighted by Gasteiger charge is 2.35.